The first-order valence-electron chi connectivity index (χ1n) is 4.62. The van der Waals surface area contributed by atoms with Gasteiger partial charge >= 0.3 is 0 Å². The summed E-state index contributed by atoms with van der Waals surface area (Å²) in [6.45, 7) is 0.494. The average molecular weight is 256 g/mol. The van der Waals surface area contributed by atoms with Gasteiger partial charge in [-0.15, -0.1) is 11.3 Å². The zero-order chi connectivity index (χ0) is 11.4. The van der Waals surface area contributed by atoms with Gasteiger partial charge in [0.15, 0.2) is 0 Å². The van der Waals surface area contributed by atoms with Crippen molar-refractivity contribution in [1.82, 2.24) is 4.98 Å². The number of thiazole rings is 1. The maximum atomic E-state index is 5.92. The Hall–Kier alpha value is -1.26. The fourth-order valence-electron chi connectivity index (χ4n) is 1.21. The van der Waals surface area contributed by atoms with Crippen LogP contribution in [0.4, 0.5) is 0 Å². The molecule has 1 aromatic carbocycles. The van der Waals surface area contributed by atoms with E-state index in [1.807, 2.05) is 0 Å². The monoisotopic (exact) mass is 255 g/mol. The van der Waals surface area contributed by atoms with Gasteiger partial charge in [-0.3, -0.25) is 4.98 Å². The number of aromatic nitrogens is 1. The van der Waals surface area contributed by atoms with Gasteiger partial charge < -0.3 is 9.47 Å². The Morgan fingerprint density at radius 2 is 2.12 bits per heavy atom. The predicted molar refractivity (Wildman–Crippen MR) is 64.5 cm³/mol. The Bertz CT molecular complexity index is 459. The Labute approximate surface area is 103 Å². The number of methoxy groups -OCH3 is 1. The quantitative estimate of drug-likeness (QED) is 0.839. The summed E-state index contributed by atoms with van der Waals surface area (Å²) in [6, 6.07) is 5.29. The predicted octanol–water partition coefficient (Wildman–Crippen LogP) is 3.38. The molecule has 0 amide bonds. The lowest BCUT2D eigenvalue weighted by molar-refractivity contribution is 0.307. The van der Waals surface area contributed by atoms with Gasteiger partial charge in [0.2, 0.25) is 0 Å². The lowest BCUT2D eigenvalue weighted by atomic mass is 10.3. The molecule has 5 heteroatoms. The van der Waals surface area contributed by atoms with Crippen LogP contribution in [0.1, 0.15) is 4.88 Å². The largest absolute Gasteiger partial charge is 0.497 e. The van der Waals surface area contributed by atoms with Crippen LogP contribution in [-0.2, 0) is 6.61 Å². The summed E-state index contributed by atoms with van der Waals surface area (Å²) in [5, 5.41) is 0.596. The van der Waals surface area contributed by atoms with Gasteiger partial charge in [0, 0.05) is 17.3 Å². The van der Waals surface area contributed by atoms with Crippen LogP contribution in [0.25, 0.3) is 0 Å². The highest BCUT2D eigenvalue weighted by Gasteiger charge is 2.02. The first kappa shape index (κ1) is 11.2. The molecule has 0 aliphatic rings. The molecule has 0 saturated heterocycles. The average Bonchev–Trinajstić information content (AvgIpc) is 2.78. The molecule has 0 atom stereocenters. The smallest absolute Gasteiger partial charge is 0.125 e. The highest BCUT2D eigenvalue weighted by molar-refractivity contribution is 7.09. The maximum Gasteiger partial charge on any atom is 0.125 e. The first-order valence-corrected chi connectivity index (χ1v) is 5.88. The standard InChI is InChI=1S/C11H10ClNO2S/c1-14-9-2-8(12)3-10(4-9)15-6-11-5-13-7-16-11/h2-5,7H,6H2,1H3. The zero-order valence-corrected chi connectivity index (χ0v) is 10.2. The maximum absolute atomic E-state index is 5.92. The summed E-state index contributed by atoms with van der Waals surface area (Å²) in [7, 11) is 1.60. The summed E-state index contributed by atoms with van der Waals surface area (Å²) in [6.07, 6.45) is 1.78. The second kappa shape index (κ2) is 5.18. The number of hydrogen-bond donors (Lipinski definition) is 0. The SMILES string of the molecule is COc1cc(Cl)cc(OCc2cncs2)c1. The second-order valence-electron chi connectivity index (χ2n) is 3.08. The van der Waals surface area contributed by atoms with E-state index in [1.165, 1.54) is 0 Å². The van der Waals surface area contributed by atoms with E-state index in [9.17, 15) is 0 Å². The molecule has 0 spiro atoms. The molecule has 0 fully saturated rings. The minimum atomic E-state index is 0.494. The summed E-state index contributed by atoms with van der Waals surface area (Å²) in [5.41, 5.74) is 1.78. The Morgan fingerprint density at radius 3 is 2.81 bits per heavy atom. The molecule has 1 heterocycles. The van der Waals surface area contributed by atoms with Gasteiger partial charge in [-0.1, -0.05) is 11.6 Å². The van der Waals surface area contributed by atoms with E-state index in [4.69, 9.17) is 21.1 Å². The highest BCUT2D eigenvalue weighted by atomic mass is 35.5. The van der Waals surface area contributed by atoms with Gasteiger partial charge in [0.1, 0.15) is 18.1 Å². The van der Waals surface area contributed by atoms with Crippen molar-refractivity contribution in [3.8, 4) is 11.5 Å². The van der Waals surface area contributed by atoms with Crippen LogP contribution in [-0.4, -0.2) is 12.1 Å². The molecule has 0 unspecified atom stereocenters. The van der Waals surface area contributed by atoms with Crippen molar-refractivity contribution < 1.29 is 9.47 Å². The van der Waals surface area contributed by atoms with Crippen LogP contribution in [0.15, 0.2) is 29.9 Å². The summed E-state index contributed by atoms with van der Waals surface area (Å²) < 4.78 is 10.7. The highest BCUT2D eigenvalue weighted by Crippen LogP contribution is 2.26. The Balaban J connectivity index is 2.06. The molecule has 84 valence electrons. The van der Waals surface area contributed by atoms with Crippen molar-refractivity contribution in [3.05, 3.63) is 39.8 Å². The normalized spacial score (nSPS) is 10.1. The fraction of sp³-hybridized carbons (Fsp3) is 0.182. The van der Waals surface area contributed by atoms with E-state index in [0.29, 0.717) is 23.1 Å². The summed E-state index contributed by atoms with van der Waals surface area (Å²) in [5.74, 6) is 1.38. The van der Waals surface area contributed by atoms with Crippen molar-refractivity contribution in [2.75, 3.05) is 7.11 Å². The summed E-state index contributed by atoms with van der Waals surface area (Å²) in [4.78, 5) is 5.04. The van der Waals surface area contributed by atoms with Gasteiger partial charge in [-0.2, -0.15) is 0 Å². The van der Waals surface area contributed by atoms with E-state index < -0.39 is 0 Å². The third-order valence-electron chi connectivity index (χ3n) is 1.95. The van der Waals surface area contributed by atoms with Crippen molar-refractivity contribution in [1.29, 1.82) is 0 Å². The Morgan fingerprint density at radius 1 is 1.31 bits per heavy atom. The zero-order valence-electron chi connectivity index (χ0n) is 8.64. The molecule has 2 rings (SSSR count). The molecule has 0 N–H and O–H groups in total. The van der Waals surface area contributed by atoms with Crippen LogP contribution < -0.4 is 9.47 Å². The van der Waals surface area contributed by atoms with Crippen LogP contribution in [0, 0.1) is 0 Å². The number of rotatable bonds is 4. The lowest BCUT2D eigenvalue weighted by Crippen LogP contribution is -1.93. The molecular weight excluding hydrogens is 246 g/mol. The van der Waals surface area contributed by atoms with E-state index >= 15 is 0 Å². The first-order chi connectivity index (χ1) is 7.78. The minimum Gasteiger partial charge on any atom is -0.497 e. The van der Waals surface area contributed by atoms with Gasteiger partial charge in [0.05, 0.1) is 17.5 Å². The number of halogens is 1. The number of ether oxygens (including phenoxy) is 2. The Kier molecular flexibility index (Phi) is 3.64. The molecule has 1 aromatic heterocycles. The van der Waals surface area contributed by atoms with E-state index in [-0.39, 0.29) is 0 Å². The topological polar surface area (TPSA) is 31.4 Å². The van der Waals surface area contributed by atoms with Crippen molar-refractivity contribution in [3.63, 3.8) is 0 Å². The van der Waals surface area contributed by atoms with Crippen LogP contribution >= 0.6 is 22.9 Å². The third-order valence-corrected chi connectivity index (χ3v) is 2.92. The second-order valence-corrected chi connectivity index (χ2v) is 4.49. The van der Waals surface area contributed by atoms with Crippen molar-refractivity contribution >= 4 is 22.9 Å². The molecule has 0 bridgehead atoms. The fourth-order valence-corrected chi connectivity index (χ4v) is 1.93. The van der Waals surface area contributed by atoms with Crippen molar-refractivity contribution in [2.24, 2.45) is 0 Å². The number of hydrogen-bond acceptors (Lipinski definition) is 4. The van der Waals surface area contributed by atoms with E-state index in [0.717, 1.165) is 4.88 Å². The molecule has 0 radical (unpaired) electrons. The molecule has 0 saturated carbocycles. The minimum absolute atomic E-state index is 0.494. The lowest BCUT2D eigenvalue weighted by Gasteiger charge is -2.07. The van der Waals surface area contributed by atoms with Crippen LogP contribution in [0.5, 0.6) is 11.5 Å². The molecule has 3 nitrogen and oxygen atoms in total. The third kappa shape index (κ3) is 2.87. The summed E-state index contributed by atoms with van der Waals surface area (Å²) >= 11 is 7.48. The molecule has 0 aliphatic heterocycles. The molecular formula is C11H10ClNO2S. The molecule has 16 heavy (non-hydrogen) atoms. The number of benzene rings is 1. The van der Waals surface area contributed by atoms with Crippen molar-refractivity contribution in [2.45, 2.75) is 6.61 Å². The van der Waals surface area contributed by atoms with E-state index in [2.05, 4.69) is 4.98 Å². The van der Waals surface area contributed by atoms with Gasteiger partial charge in [-0.25, -0.2) is 0 Å². The number of nitrogens with zero attached hydrogens (tertiary/aromatic N) is 1. The van der Waals surface area contributed by atoms with Crippen LogP contribution in [0.3, 0.4) is 0 Å². The molecule has 0 aliphatic carbocycles. The van der Waals surface area contributed by atoms with Gasteiger partial charge in [0.25, 0.3) is 0 Å². The van der Waals surface area contributed by atoms with E-state index in [1.54, 1.807) is 48.4 Å². The van der Waals surface area contributed by atoms with Crippen LogP contribution in [0.2, 0.25) is 5.02 Å². The van der Waals surface area contributed by atoms with Gasteiger partial charge in [-0.05, 0) is 12.1 Å². The molecule has 2 aromatic rings.